The molecule has 0 unspecified atom stereocenters. The molecule has 0 spiro atoms. The van der Waals surface area contributed by atoms with Crippen molar-refractivity contribution in [2.24, 2.45) is 17.4 Å². The lowest BCUT2D eigenvalue weighted by Crippen LogP contribution is -2.62. The maximum Gasteiger partial charge on any atom is 0.326 e. The second-order valence-corrected chi connectivity index (χ2v) is 17.5. The van der Waals surface area contributed by atoms with Crippen molar-refractivity contribution in [2.75, 3.05) is 39.4 Å². The number of carbonyl (C=O) groups is 12. The third kappa shape index (κ3) is 15.8. The zero-order chi connectivity index (χ0) is 52.6. The van der Waals surface area contributed by atoms with Crippen molar-refractivity contribution in [3.63, 3.8) is 0 Å². The van der Waals surface area contributed by atoms with E-state index in [0.717, 1.165) is 16.7 Å². The number of aliphatic carboxylic acids is 2. The first kappa shape index (κ1) is 57.8. The van der Waals surface area contributed by atoms with Gasteiger partial charge >= 0.3 is 11.9 Å². The Morgan fingerprint density at radius 1 is 0.643 bits per heavy atom. The molecule has 0 radical (unpaired) electrons. The number of nitrogens with two attached hydrogens (primary N) is 2. The number of nitrogens with one attached hydrogen (secondary N) is 6. The molecule has 3 saturated heterocycles. The minimum Gasteiger partial charge on any atom is -0.481 e. The average Bonchev–Trinajstić information content (AvgIpc) is 4.12. The summed E-state index contributed by atoms with van der Waals surface area (Å²) >= 11 is 0. The van der Waals surface area contributed by atoms with E-state index < -0.39 is 176 Å². The van der Waals surface area contributed by atoms with Gasteiger partial charge in [-0.25, -0.2) is 4.79 Å². The smallest absolute Gasteiger partial charge is 0.326 e. The molecule has 0 aromatic heterocycles. The summed E-state index contributed by atoms with van der Waals surface area (Å²) in [5.74, 6) is -12.5. The fourth-order valence-electron chi connectivity index (χ4n) is 8.31. The molecule has 15 N–H and O–H groups in total. The van der Waals surface area contributed by atoms with Crippen LogP contribution in [0.2, 0.25) is 0 Å². The van der Waals surface area contributed by atoms with E-state index in [0.29, 0.717) is 19.3 Å². The Kier molecular flexibility index (Phi) is 22.3. The third-order valence-electron chi connectivity index (χ3n) is 12.4. The van der Waals surface area contributed by atoms with E-state index in [1.165, 1.54) is 4.90 Å². The fourth-order valence-corrected chi connectivity index (χ4v) is 8.31. The predicted molar refractivity (Wildman–Crippen MR) is 238 cm³/mol. The monoisotopic (exact) mass is 997 g/mol. The van der Waals surface area contributed by atoms with Crippen LogP contribution < -0.4 is 43.4 Å². The van der Waals surface area contributed by atoms with Gasteiger partial charge in [-0.15, -0.1) is 0 Å². The SMILES string of the molecule is CC[C@H](C)[C@H](NC(=O)[C@H](CCC(=O)O)NC(=O)[C@@H]1CCCN1C(=O)[C@@H]1CCCN1C(=O)[C@@H](NC(=O)[C@H](CC(N)=O)NC(=O)[C@H](CO)NC(=O)[C@@H]1CCCN1C(=O)CNC(=O)[C@@H](N)CO)[C@@H](C)O)C(=O)O. The molecular formula is C42H67N11O17. The zero-order valence-electron chi connectivity index (χ0n) is 39.3. The summed E-state index contributed by atoms with van der Waals surface area (Å²) < 4.78 is 0. The van der Waals surface area contributed by atoms with E-state index in [2.05, 4.69) is 31.9 Å². The van der Waals surface area contributed by atoms with Gasteiger partial charge in [-0.2, -0.15) is 0 Å². The summed E-state index contributed by atoms with van der Waals surface area (Å²) in [5.41, 5.74) is 10.8. The molecule has 28 heteroatoms. The summed E-state index contributed by atoms with van der Waals surface area (Å²) in [6, 6.07) is -13.1. The first-order valence-corrected chi connectivity index (χ1v) is 23.1. The Hall–Kier alpha value is -6.52. The van der Waals surface area contributed by atoms with Crippen LogP contribution in [0, 0.1) is 5.92 Å². The number of amides is 10. The van der Waals surface area contributed by atoms with Gasteiger partial charge in [0.25, 0.3) is 0 Å². The second-order valence-electron chi connectivity index (χ2n) is 17.5. The number of carboxylic acids is 2. The lowest BCUT2D eigenvalue weighted by molar-refractivity contribution is -0.149. The molecule has 3 heterocycles. The quantitative estimate of drug-likeness (QED) is 0.0383. The Bertz CT molecular complexity index is 1970. The molecule has 11 atom stereocenters. The van der Waals surface area contributed by atoms with Gasteiger partial charge in [0.05, 0.1) is 32.3 Å². The summed E-state index contributed by atoms with van der Waals surface area (Å²) in [4.78, 5) is 159. The van der Waals surface area contributed by atoms with Crippen molar-refractivity contribution < 1.29 is 83.1 Å². The lowest BCUT2D eigenvalue weighted by atomic mass is 9.98. The van der Waals surface area contributed by atoms with Crippen LogP contribution in [0.4, 0.5) is 0 Å². The van der Waals surface area contributed by atoms with Gasteiger partial charge in [-0.05, 0) is 57.8 Å². The Labute approximate surface area is 402 Å². The van der Waals surface area contributed by atoms with Crippen molar-refractivity contribution >= 4 is 71.0 Å². The maximum absolute atomic E-state index is 14.2. The molecule has 0 aromatic rings. The van der Waals surface area contributed by atoms with Gasteiger partial charge in [-0.3, -0.25) is 52.7 Å². The van der Waals surface area contributed by atoms with Crippen LogP contribution in [0.3, 0.4) is 0 Å². The molecular weight excluding hydrogens is 931 g/mol. The lowest BCUT2D eigenvalue weighted by Gasteiger charge is -2.34. The normalized spacial score (nSPS) is 21.1. The average molecular weight is 998 g/mol. The molecule has 3 aliphatic rings. The van der Waals surface area contributed by atoms with Crippen LogP contribution >= 0.6 is 0 Å². The standard InChI is InChI=1S/C42H67N11O17/c1-4-20(2)32(42(69)70)49-35(62)23(11-12-31(59)60)46-39(66)27-9-6-14-52(27)40(67)28-10-7-15-53(28)41(68)33(21(3)56)50-36(63)24(16-29(44)57)47-37(64)25(19-55)48-38(65)26-8-5-13-51(26)30(58)17-45-34(61)22(43)18-54/h20-28,32-33,54-56H,4-19,43H2,1-3H3,(H2,44,57)(H,45,61)(H,46,66)(H,47,64)(H,48,65)(H,49,62)(H,50,63)(H,59,60)(H,69,70)/t20-,21+,22-,23-,24-,25-,26-,27-,28-,32-,33-/m0/s1. The van der Waals surface area contributed by atoms with Crippen molar-refractivity contribution in [3.8, 4) is 0 Å². The Balaban J connectivity index is 1.73. The number of rotatable bonds is 26. The highest BCUT2D eigenvalue weighted by molar-refractivity contribution is 6.00. The van der Waals surface area contributed by atoms with Crippen LogP contribution in [0.1, 0.15) is 85.0 Å². The number of primary amides is 1. The summed E-state index contributed by atoms with van der Waals surface area (Å²) in [5, 5.41) is 62.7. The van der Waals surface area contributed by atoms with Crippen molar-refractivity contribution in [1.29, 1.82) is 0 Å². The van der Waals surface area contributed by atoms with Gasteiger partial charge < -0.3 is 83.6 Å². The number of hydrogen-bond acceptors (Lipinski definition) is 16. The zero-order valence-corrected chi connectivity index (χ0v) is 39.3. The van der Waals surface area contributed by atoms with Crippen LogP contribution in [-0.2, 0) is 57.5 Å². The first-order chi connectivity index (χ1) is 33.0. The van der Waals surface area contributed by atoms with Crippen LogP contribution in [-0.4, -0.2) is 211 Å². The number of nitrogens with zero attached hydrogens (tertiary/aromatic N) is 3. The Morgan fingerprint density at radius 3 is 1.69 bits per heavy atom. The molecule has 0 saturated carbocycles. The van der Waals surface area contributed by atoms with Crippen LogP contribution in [0.25, 0.3) is 0 Å². The van der Waals surface area contributed by atoms with Crippen molar-refractivity contribution in [3.05, 3.63) is 0 Å². The highest BCUT2D eigenvalue weighted by Gasteiger charge is 2.46. The summed E-state index contributed by atoms with van der Waals surface area (Å²) in [6.07, 6.45) is -1.86. The van der Waals surface area contributed by atoms with E-state index in [-0.39, 0.29) is 45.3 Å². The highest BCUT2D eigenvalue weighted by atomic mass is 16.4. The Morgan fingerprint density at radius 2 is 1.16 bits per heavy atom. The molecule has 0 aliphatic carbocycles. The third-order valence-corrected chi connectivity index (χ3v) is 12.4. The number of aliphatic hydroxyl groups is 3. The molecule has 392 valence electrons. The summed E-state index contributed by atoms with van der Waals surface area (Å²) in [6.45, 7) is 2.25. The largest absolute Gasteiger partial charge is 0.481 e. The minimum atomic E-state index is -1.85. The molecule has 3 fully saturated rings. The number of likely N-dealkylation sites (tertiary alicyclic amines) is 3. The van der Waals surface area contributed by atoms with Crippen LogP contribution in [0.5, 0.6) is 0 Å². The van der Waals surface area contributed by atoms with Crippen molar-refractivity contribution in [2.45, 2.75) is 145 Å². The van der Waals surface area contributed by atoms with Gasteiger partial charge in [0.15, 0.2) is 0 Å². The van der Waals surface area contributed by atoms with Gasteiger partial charge in [-0.1, -0.05) is 20.3 Å². The van der Waals surface area contributed by atoms with Gasteiger partial charge in [0.2, 0.25) is 59.1 Å². The van der Waals surface area contributed by atoms with Gasteiger partial charge in [0.1, 0.15) is 54.4 Å². The topological polar surface area (TPSA) is 440 Å². The molecule has 28 nitrogen and oxygen atoms in total. The van der Waals surface area contributed by atoms with E-state index in [1.54, 1.807) is 13.8 Å². The number of carbonyl (C=O) groups excluding carboxylic acids is 10. The van der Waals surface area contributed by atoms with Gasteiger partial charge in [0, 0.05) is 26.1 Å². The van der Waals surface area contributed by atoms with E-state index in [9.17, 15) is 78.0 Å². The number of carboxylic acid groups (broad SMARTS) is 2. The summed E-state index contributed by atoms with van der Waals surface area (Å²) in [7, 11) is 0. The van der Waals surface area contributed by atoms with Crippen LogP contribution in [0.15, 0.2) is 0 Å². The molecule has 0 aromatic carbocycles. The second kappa shape index (κ2) is 27.0. The predicted octanol–water partition coefficient (Wildman–Crippen LogP) is -6.94. The fraction of sp³-hybridized carbons (Fsp3) is 0.714. The van der Waals surface area contributed by atoms with E-state index in [1.807, 2.05) is 0 Å². The highest BCUT2D eigenvalue weighted by Crippen LogP contribution is 2.26. The molecule has 0 bridgehead atoms. The maximum atomic E-state index is 14.2. The minimum absolute atomic E-state index is 0.0370. The number of aliphatic hydroxyl groups excluding tert-OH is 3. The molecule has 10 amide bonds. The number of hydrogen-bond donors (Lipinski definition) is 13. The van der Waals surface area contributed by atoms with Crippen molar-refractivity contribution in [1.82, 2.24) is 46.6 Å². The molecule has 3 rings (SSSR count). The molecule has 3 aliphatic heterocycles. The molecule has 70 heavy (non-hydrogen) atoms. The van der Waals surface area contributed by atoms with E-state index in [4.69, 9.17) is 16.6 Å². The van der Waals surface area contributed by atoms with E-state index >= 15 is 0 Å². The first-order valence-electron chi connectivity index (χ1n) is 23.1.